The molecule has 2 aromatic carbocycles. The molecule has 2 aliphatic heterocycles. The van der Waals surface area contributed by atoms with Crippen LogP contribution in [0.4, 0.5) is 11.4 Å². The number of benzene rings is 2. The van der Waals surface area contributed by atoms with Crippen LogP contribution in [0.15, 0.2) is 58.1 Å². The molecule has 0 unspecified atom stereocenters. The summed E-state index contributed by atoms with van der Waals surface area (Å²) < 4.78 is 5.92. The number of rotatable bonds is 4. The summed E-state index contributed by atoms with van der Waals surface area (Å²) in [6, 6.07) is 12.6. The van der Waals surface area contributed by atoms with E-state index in [1.165, 1.54) is 5.01 Å². The summed E-state index contributed by atoms with van der Waals surface area (Å²) in [5.41, 5.74) is 0.759. The number of hydrogen-bond acceptors (Lipinski definition) is 6. The molecule has 1 saturated heterocycles. The second kappa shape index (κ2) is 7.61. The van der Waals surface area contributed by atoms with Crippen molar-refractivity contribution in [2.24, 2.45) is 11.0 Å². The summed E-state index contributed by atoms with van der Waals surface area (Å²) in [4.78, 5) is 40.0. The number of carbonyl (C=O) groups is 3. The van der Waals surface area contributed by atoms with Crippen LogP contribution in [-0.4, -0.2) is 36.1 Å². The number of para-hydroxylation sites is 1. The zero-order valence-corrected chi connectivity index (χ0v) is 17.6. The number of imide groups is 1. The van der Waals surface area contributed by atoms with Gasteiger partial charge < -0.3 is 4.74 Å². The molecule has 7 nitrogen and oxygen atoms in total. The molecule has 0 spiro atoms. The fourth-order valence-electron chi connectivity index (χ4n) is 3.47. The summed E-state index contributed by atoms with van der Waals surface area (Å²) in [6.45, 7) is 1.79. The maximum absolute atomic E-state index is 13.3. The Bertz CT molecular complexity index is 1040. The number of esters is 1. The van der Waals surface area contributed by atoms with Gasteiger partial charge in [0.05, 0.1) is 23.0 Å². The summed E-state index contributed by atoms with van der Waals surface area (Å²) >= 11 is 9.59. The highest BCUT2D eigenvalue weighted by molar-refractivity contribution is 9.10. The molecule has 0 aromatic heterocycles. The number of nitrogens with zero attached hydrogens (tertiary/aromatic N) is 3. The summed E-state index contributed by atoms with van der Waals surface area (Å²) in [7, 11) is 0. The first-order valence-electron chi connectivity index (χ1n) is 8.86. The first-order valence-corrected chi connectivity index (χ1v) is 10.0. The second-order valence-corrected chi connectivity index (χ2v) is 7.74. The number of hydrogen-bond donors (Lipinski definition) is 0. The van der Waals surface area contributed by atoms with Crippen LogP contribution in [0.25, 0.3) is 0 Å². The van der Waals surface area contributed by atoms with Crippen LogP contribution in [0.5, 0.6) is 0 Å². The molecule has 0 bridgehead atoms. The molecule has 9 heteroatoms. The lowest BCUT2D eigenvalue weighted by Gasteiger charge is -2.22. The van der Waals surface area contributed by atoms with Crippen LogP contribution >= 0.6 is 27.5 Å². The lowest BCUT2D eigenvalue weighted by molar-refractivity contribution is -0.136. The van der Waals surface area contributed by atoms with Crippen molar-refractivity contribution in [2.45, 2.75) is 13.0 Å². The van der Waals surface area contributed by atoms with Crippen molar-refractivity contribution in [3.05, 3.63) is 58.0 Å². The third-order valence-corrected chi connectivity index (χ3v) is 5.57. The van der Waals surface area contributed by atoms with Gasteiger partial charge in [-0.1, -0.05) is 39.7 Å². The van der Waals surface area contributed by atoms with Gasteiger partial charge in [-0.3, -0.25) is 14.6 Å². The van der Waals surface area contributed by atoms with Gasteiger partial charge in [0, 0.05) is 4.47 Å². The molecule has 2 atom stereocenters. The molecule has 29 heavy (non-hydrogen) atoms. The Hall–Kier alpha value is -2.71. The van der Waals surface area contributed by atoms with E-state index in [9.17, 15) is 14.4 Å². The number of amides is 2. The molecule has 2 aliphatic rings. The van der Waals surface area contributed by atoms with E-state index in [1.54, 1.807) is 55.5 Å². The van der Waals surface area contributed by atoms with E-state index in [0.29, 0.717) is 5.69 Å². The number of halogens is 2. The van der Waals surface area contributed by atoms with Crippen LogP contribution in [0, 0.1) is 5.92 Å². The van der Waals surface area contributed by atoms with Gasteiger partial charge in [-0.05, 0) is 43.3 Å². The third kappa shape index (κ3) is 3.22. The van der Waals surface area contributed by atoms with Gasteiger partial charge in [0.2, 0.25) is 5.91 Å². The Balaban J connectivity index is 1.81. The quantitative estimate of drug-likeness (QED) is 0.499. The summed E-state index contributed by atoms with van der Waals surface area (Å²) in [5.74, 6) is -2.84. The molecule has 0 N–H and O–H groups in total. The Labute approximate surface area is 180 Å². The van der Waals surface area contributed by atoms with E-state index in [-0.39, 0.29) is 23.0 Å². The van der Waals surface area contributed by atoms with Crippen molar-refractivity contribution < 1.29 is 19.1 Å². The molecule has 0 radical (unpaired) electrons. The molecule has 0 saturated carbocycles. The van der Waals surface area contributed by atoms with Crippen molar-refractivity contribution in [1.82, 2.24) is 0 Å². The minimum atomic E-state index is -1.07. The van der Waals surface area contributed by atoms with Crippen LogP contribution in [0.3, 0.4) is 0 Å². The van der Waals surface area contributed by atoms with Crippen LogP contribution < -0.4 is 9.91 Å². The highest BCUT2D eigenvalue weighted by Gasteiger charge is 2.59. The van der Waals surface area contributed by atoms with Gasteiger partial charge >= 0.3 is 5.97 Å². The van der Waals surface area contributed by atoms with Crippen molar-refractivity contribution in [1.29, 1.82) is 0 Å². The maximum Gasteiger partial charge on any atom is 0.355 e. The van der Waals surface area contributed by atoms with Gasteiger partial charge in [0.25, 0.3) is 5.91 Å². The molecule has 0 aliphatic carbocycles. The molecular weight excluding hydrogens is 462 g/mol. The van der Waals surface area contributed by atoms with E-state index in [0.717, 1.165) is 9.37 Å². The Morgan fingerprint density at radius 1 is 1.14 bits per heavy atom. The zero-order valence-electron chi connectivity index (χ0n) is 15.2. The second-order valence-electron chi connectivity index (χ2n) is 6.41. The van der Waals surface area contributed by atoms with E-state index in [1.807, 2.05) is 0 Å². The maximum atomic E-state index is 13.3. The summed E-state index contributed by atoms with van der Waals surface area (Å²) in [6.07, 6.45) is 0. The van der Waals surface area contributed by atoms with E-state index >= 15 is 0 Å². The molecular formula is C20H15BrClN3O4. The largest absolute Gasteiger partial charge is 0.461 e. The lowest BCUT2D eigenvalue weighted by atomic mass is 9.98. The minimum absolute atomic E-state index is 0.0901. The predicted molar refractivity (Wildman–Crippen MR) is 112 cm³/mol. The van der Waals surface area contributed by atoms with Gasteiger partial charge in [0.1, 0.15) is 12.0 Å². The fraction of sp³-hybridized carbons (Fsp3) is 0.200. The number of hydrazone groups is 1. The fourth-order valence-corrected chi connectivity index (χ4v) is 3.95. The first kappa shape index (κ1) is 19.6. The molecule has 2 aromatic rings. The SMILES string of the molecule is CCOC(=O)C1=NN(c2ccc(Br)cc2)[C@@H]2C(=O)N(c3ccccc3Cl)C(=O)[C@H]12. The van der Waals surface area contributed by atoms with Crippen molar-refractivity contribution in [3.63, 3.8) is 0 Å². The van der Waals surface area contributed by atoms with E-state index in [4.69, 9.17) is 16.3 Å². The lowest BCUT2D eigenvalue weighted by Crippen LogP contribution is -2.39. The molecule has 4 rings (SSSR count). The van der Waals surface area contributed by atoms with Crippen molar-refractivity contribution >= 4 is 62.4 Å². The topological polar surface area (TPSA) is 79.3 Å². The molecule has 2 heterocycles. The average Bonchev–Trinajstić information content (AvgIpc) is 3.21. The van der Waals surface area contributed by atoms with Crippen LogP contribution in [0.1, 0.15) is 6.92 Å². The molecule has 1 fully saturated rings. The Kier molecular flexibility index (Phi) is 5.14. The van der Waals surface area contributed by atoms with Crippen molar-refractivity contribution in [3.8, 4) is 0 Å². The first-order chi connectivity index (χ1) is 13.9. The zero-order chi connectivity index (χ0) is 20.7. The summed E-state index contributed by atoms with van der Waals surface area (Å²) in [5, 5.41) is 5.97. The molecule has 148 valence electrons. The van der Waals surface area contributed by atoms with E-state index < -0.39 is 29.7 Å². The Morgan fingerprint density at radius 3 is 2.48 bits per heavy atom. The highest BCUT2D eigenvalue weighted by atomic mass is 79.9. The third-order valence-electron chi connectivity index (χ3n) is 4.72. The standard InChI is InChI=1S/C20H15BrClN3O4/c1-2-29-20(28)16-15-17(25(23-16)12-9-7-11(21)8-10-12)19(27)24(18(15)26)14-6-4-3-5-13(14)22/h3-10,15,17H,2H2,1H3/t15-,17+/m1/s1. The monoisotopic (exact) mass is 475 g/mol. The van der Waals surface area contributed by atoms with Gasteiger partial charge in [-0.25, -0.2) is 9.69 Å². The van der Waals surface area contributed by atoms with Crippen LogP contribution in [-0.2, 0) is 19.1 Å². The van der Waals surface area contributed by atoms with Gasteiger partial charge in [0.15, 0.2) is 5.71 Å². The van der Waals surface area contributed by atoms with Crippen LogP contribution in [0.2, 0.25) is 5.02 Å². The number of carbonyl (C=O) groups excluding carboxylic acids is 3. The minimum Gasteiger partial charge on any atom is -0.461 e. The van der Waals surface area contributed by atoms with E-state index in [2.05, 4.69) is 21.0 Å². The smallest absolute Gasteiger partial charge is 0.355 e. The Morgan fingerprint density at radius 2 is 1.83 bits per heavy atom. The normalized spacial score (nSPS) is 20.7. The number of fused-ring (bicyclic) bond motifs is 1. The number of anilines is 2. The van der Waals surface area contributed by atoms with Gasteiger partial charge in [-0.15, -0.1) is 0 Å². The average molecular weight is 477 g/mol. The van der Waals surface area contributed by atoms with Gasteiger partial charge in [-0.2, -0.15) is 5.10 Å². The number of ether oxygens (including phenoxy) is 1. The predicted octanol–water partition coefficient (Wildman–Crippen LogP) is 3.40. The molecule has 2 amide bonds. The highest BCUT2D eigenvalue weighted by Crippen LogP contribution is 2.40. The van der Waals surface area contributed by atoms with Crippen molar-refractivity contribution in [2.75, 3.05) is 16.5 Å².